The van der Waals surface area contributed by atoms with E-state index < -0.39 is 86.6 Å². The molecule has 3 aromatic heterocycles. The molecule has 0 aliphatic heterocycles. The zero-order chi connectivity index (χ0) is 61.6. The van der Waals surface area contributed by atoms with Crippen molar-refractivity contribution in [1.82, 2.24) is 29.9 Å². The van der Waals surface area contributed by atoms with Gasteiger partial charge >= 0.3 is 15.6 Å². The normalized spacial score (nSPS) is 28.6. The van der Waals surface area contributed by atoms with E-state index >= 15 is 0 Å². The van der Waals surface area contributed by atoms with Crippen molar-refractivity contribution in [2.24, 2.45) is 29.6 Å². The molecule has 0 spiro atoms. The van der Waals surface area contributed by atoms with Gasteiger partial charge in [-0.15, -0.1) is 0 Å². The van der Waals surface area contributed by atoms with E-state index in [0.717, 1.165) is 42.9 Å². The van der Waals surface area contributed by atoms with Gasteiger partial charge in [0.2, 0.25) is 14.7 Å². The fourth-order valence-electron chi connectivity index (χ4n) is 11.0. The number of allylic oxidation sites excluding steroid dienone is 3. The third-order valence-electron chi connectivity index (χ3n) is 15.0. The maximum atomic E-state index is 12.3. The van der Waals surface area contributed by atoms with Gasteiger partial charge in [-0.1, -0.05) is 31.6 Å². The first kappa shape index (κ1) is 68.0. The number of H-pyrrole nitrogens is 3. The maximum Gasteiger partial charge on any atom is 0.523 e. The van der Waals surface area contributed by atoms with Gasteiger partial charge in [-0.3, -0.25) is 27.7 Å². The summed E-state index contributed by atoms with van der Waals surface area (Å²) in [6.07, 6.45) is 6.77. The number of aliphatic hydroxyl groups excluding tert-OH is 6. The smallest absolute Gasteiger partial charge is 0.396 e. The Kier molecular flexibility index (Phi) is 23.0. The lowest BCUT2D eigenvalue weighted by Crippen LogP contribution is -2.34. The molecule has 14 atom stereocenters. The highest BCUT2D eigenvalue weighted by Crippen LogP contribution is 2.49. The molecule has 2 unspecified atom stereocenters. The van der Waals surface area contributed by atoms with Gasteiger partial charge in [0.25, 0.3) is 16.7 Å². The summed E-state index contributed by atoms with van der Waals surface area (Å²) in [5.41, 5.74) is 0.274. The van der Waals surface area contributed by atoms with Crippen molar-refractivity contribution >= 4 is 48.7 Å². The third-order valence-corrected chi connectivity index (χ3v) is 19.8. The summed E-state index contributed by atoms with van der Waals surface area (Å²) in [6.45, 7) is 11.2. The number of ether oxygens (including phenoxy) is 2. The molecule has 3 saturated carbocycles. The van der Waals surface area contributed by atoms with Crippen LogP contribution in [0.4, 0.5) is 13.2 Å². The standard InChI is InChI=1S/C17H25N2O6P.C16H23N2O6P.C14H18N2O3.C4H8F3O4PS/c1-3-25-26(2,23)9-24-16-10(7-20)6-13(15(16)21)11-4-5-12-14(11)18-8-19-17(12)22;1-3-24-25(2,22)8-23-15-11(6-12(19)14(15)20)9-4-5-10-13(9)17-7-18-16(10)21;1-2-7-5-10(13(18)12(7)17)8-3-4-9-11(8)15-6-16-14(9)19;1-12(2,8)3-11-13(9,10)4(5,6)7/h4,8,10,13,15-16,20-21H,3,5-7,9H2,1-2H3,(H,18,19,22);4,7,11-12,14-15,19-20H,3,5-6,8H2,1-2H3,(H,17,18,21);3,6-7,10,12-13,17-18H,2,4-5H2,1H3,(H,15,16,19);3H2,1-2H3/t10-,13+,15+,16-,26?;11-,12-,14+,15-,25?;7-,10-,12+,13-;/m100./s1. The average molecular weight is 1260 g/mol. The van der Waals surface area contributed by atoms with Crippen molar-refractivity contribution in [3.8, 4) is 0 Å². The molecule has 0 saturated heterocycles. The zero-order valence-electron chi connectivity index (χ0n) is 46.8. The lowest BCUT2D eigenvalue weighted by molar-refractivity contribution is -0.0531. The molecular weight excluding hydrogens is 1180 g/mol. The zero-order valence-corrected chi connectivity index (χ0v) is 50.3. The average Bonchev–Trinajstić information content (AvgIpc) is 2.49. The summed E-state index contributed by atoms with van der Waals surface area (Å²) < 4.78 is 116. The Morgan fingerprint density at radius 2 is 1.00 bits per heavy atom. The van der Waals surface area contributed by atoms with Crippen LogP contribution in [0, 0.1) is 29.6 Å². The molecule has 0 bridgehead atoms. The number of alkyl halides is 3. The van der Waals surface area contributed by atoms with E-state index in [4.69, 9.17) is 18.5 Å². The van der Waals surface area contributed by atoms with Crippen molar-refractivity contribution in [3.05, 3.63) is 102 Å². The van der Waals surface area contributed by atoms with Crippen LogP contribution < -0.4 is 16.7 Å². The van der Waals surface area contributed by atoms with Crippen molar-refractivity contribution in [1.29, 1.82) is 0 Å². The topological polar surface area (TPSA) is 390 Å². The number of hydrogen-bond acceptors (Lipinski definition) is 22. The van der Waals surface area contributed by atoms with E-state index in [2.05, 4.69) is 34.1 Å². The Hall–Kier alpha value is -4.15. The molecule has 3 aromatic rings. The second-order valence-corrected chi connectivity index (χ2v) is 31.6. The number of halogens is 3. The molecule has 25 nitrogen and oxygen atoms in total. The van der Waals surface area contributed by atoms with E-state index in [9.17, 15) is 80.3 Å². The molecule has 0 radical (unpaired) electrons. The number of nitrogens with zero attached hydrogens (tertiary/aromatic N) is 3. The predicted octanol–water partition coefficient (Wildman–Crippen LogP) is 3.63. The van der Waals surface area contributed by atoms with E-state index in [1.807, 2.05) is 25.2 Å². The number of aromatic amines is 3. The van der Waals surface area contributed by atoms with E-state index in [-0.39, 0.29) is 72.0 Å². The number of nitrogens with one attached hydrogen (secondary N) is 3. The van der Waals surface area contributed by atoms with E-state index in [1.165, 1.54) is 32.3 Å². The maximum absolute atomic E-state index is 12.3. The number of fused-ring (bicyclic) bond motifs is 3. The minimum atomic E-state index is -5.60. The summed E-state index contributed by atoms with van der Waals surface area (Å²) in [5.74, 6) is -0.913. The molecule has 464 valence electrons. The highest BCUT2D eigenvalue weighted by Gasteiger charge is 2.50. The Morgan fingerprint density at radius 3 is 1.39 bits per heavy atom. The highest BCUT2D eigenvalue weighted by atomic mass is 32.2. The molecule has 6 aliphatic carbocycles. The highest BCUT2D eigenvalue weighted by molar-refractivity contribution is 7.87. The minimum absolute atomic E-state index is 0.112. The van der Waals surface area contributed by atoms with Gasteiger partial charge < -0.3 is 68.7 Å². The van der Waals surface area contributed by atoms with Crippen molar-refractivity contribution < 1.29 is 88.6 Å². The summed E-state index contributed by atoms with van der Waals surface area (Å²) in [7, 11) is -14.4. The molecule has 0 aromatic carbocycles. The largest absolute Gasteiger partial charge is 0.523 e. The quantitative estimate of drug-likeness (QED) is 0.0499. The van der Waals surface area contributed by atoms with Crippen LogP contribution in [-0.4, -0.2) is 183 Å². The van der Waals surface area contributed by atoms with Crippen molar-refractivity contribution in [2.75, 3.05) is 65.5 Å². The van der Waals surface area contributed by atoms with Crippen LogP contribution in [0.3, 0.4) is 0 Å². The lowest BCUT2D eigenvalue weighted by Gasteiger charge is -2.25. The molecule has 32 heteroatoms. The van der Waals surface area contributed by atoms with Crippen LogP contribution >= 0.6 is 21.9 Å². The molecule has 9 rings (SSSR count). The SMILES string of the molecule is CCOP(C)(=O)CO[C@@H]1[C@@H](CO)C[C@@H](C2=CCc3c2nc[nH]c3=O)[C@@H]1O.CCOP(C)(=O)CO[C@@H]1[C@H](O)[C@@H](O)C[C@H]1C1=CCc2c1nc[nH]c2=O.CC[C@H]1C[C@@H](C2=CCc3c2nc[nH]c3=O)[C@H](O)[C@@H]1O.CP(C)(=O)COS(=O)(=O)C(F)(F)F. The molecule has 3 heterocycles. The molecule has 83 heavy (non-hydrogen) atoms. The lowest BCUT2D eigenvalue weighted by atomic mass is 9.93. The summed E-state index contributed by atoms with van der Waals surface area (Å²) in [4.78, 5) is 55.9. The van der Waals surface area contributed by atoms with Gasteiger partial charge in [0.15, 0.2) is 0 Å². The first-order chi connectivity index (χ1) is 38.8. The number of aliphatic hydroxyl groups is 6. The predicted molar refractivity (Wildman–Crippen MR) is 299 cm³/mol. The van der Waals surface area contributed by atoms with E-state index in [0.29, 0.717) is 72.7 Å². The Bertz CT molecular complexity index is 3320. The van der Waals surface area contributed by atoms with Crippen LogP contribution in [0.1, 0.15) is 80.2 Å². The first-order valence-corrected chi connectivity index (χ1v) is 35.5. The Morgan fingerprint density at radius 1 is 0.590 bits per heavy atom. The molecule has 6 aliphatic rings. The molecule has 3 fully saturated rings. The fourth-order valence-corrected chi connectivity index (χ4v) is 14.8. The second kappa shape index (κ2) is 28.1. The number of hydrogen-bond donors (Lipinski definition) is 9. The second-order valence-electron chi connectivity index (χ2n) is 21.5. The third kappa shape index (κ3) is 16.5. The van der Waals surface area contributed by atoms with Crippen molar-refractivity contribution in [2.45, 2.75) is 114 Å². The minimum Gasteiger partial charge on any atom is -0.396 e. The van der Waals surface area contributed by atoms with Gasteiger partial charge in [-0.05, 0) is 88.3 Å². The van der Waals surface area contributed by atoms with Crippen LogP contribution in [0.25, 0.3) is 16.7 Å². The first-order valence-electron chi connectivity index (χ1n) is 26.8. The molecule has 0 amide bonds. The van der Waals surface area contributed by atoms with Gasteiger partial charge in [-0.2, -0.15) is 21.6 Å². The summed E-state index contributed by atoms with van der Waals surface area (Å²) in [6, 6.07) is 0. The van der Waals surface area contributed by atoms with Crippen molar-refractivity contribution in [3.63, 3.8) is 0 Å². The summed E-state index contributed by atoms with van der Waals surface area (Å²) >= 11 is 0. The van der Waals surface area contributed by atoms with Gasteiger partial charge in [0, 0.05) is 60.3 Å². The van der Waals surface area contributed by atoms with Gasteiger partial charge in [0.1, 0.15) is 32.3 Å². The van der Waals surface area contributed by atoms with Crippen LogP contribution in [0.2, 0.25) is 0 Å². The number of aromatic nitrogens is 6. The van der Waals surface area contributed by atoms with Gasteiger partial charge in [-0.25, -0.2) is 15.0 Å². The molecular formula is C51H74F3N6O19P3S. The fraction of sp³-hybridized carbons (Fsp3) is 0.647. The van der Waals surface area contributed by atoms with Gasteiger partial charge in [0.05, 0.1) is 85.9 Å². The molecule has 9 N–H and O–H groups in total. The Balaban J connectivity index is 0.000000183. The van der Waals surface area contributed by atoms with Crippen LogP contribution in [0.5, 0.6) is 0 Å². The van der Waals surface area contributed by atoms with E-state index in [1.54, 1.807) is 13.8 Å². The van der Waals surface area contributed by atoms with Crippen LogP contribution in [-0.2, 0) is 65.8 Å². The summed E-state index contributed by atoms with van der Waals surface area (Å²) in [5, 5.41) is 61.1. The monoisotopic (exact) mass is 1260 g/mol. The number of rotatable bonds is 18. The Labute approximate surface area is 476 Å². The van der Waals surface area contributed by atoms with Crippen LogP contribution in [0.15, 0.2) is 51.6 Å².